The van der Waals surface area contributed by atoms with Crippen LogP contribution >= 0.6 is 0 Å². The molecule has 0 aromatic carbocycles. The Morgan fingerprint density at radius 3 is 2.83 bits per heavy atom. The first-order valence-corrected chi connectivity index (χ1v) is 7.07. The van der Waals surface area contributed by atoms with Crippen molar-refractivity contribution >= 4 is 5.97 Å². The van der Waals surface area contributed by atoms with E-state index in [0.29, 0.717) is 19.1 Å². The molecular formula is C14H28N2O2. The molecule has 0 radical (unpaired) electrons. The van der Waals surface area contributed by atoms with Crippen LogP contribution < -0.4 is 5.73 Å². The van der Waals surface area contributed by atoms with E-state index in [-0.39, 0.29) is 5.97 Å². The predicted molar refractivity (Wildman–Crippen MR) is 73.3 cm³/mol. The van der Waals surface area contributed by atoms with Gasteiger partial charge in [-0.25, -0.2) is 0 Å². The van der Waals surface area contributed by atoms with Crippen LogP contribution in [0.1, 0.15) is 47.0 Å². The number of carbonyl (C=O) groups is 1. The van der Waals surface area contributed by atoms with Gasteiger partial charge in [0.2, 0.25) is 0 Å². The highest BCUT2D eigenvalue weighted by atomic mass is 16.5. The van der Waals surface area contributed by atoms with Gasteiger partial charge in [-0.05, 0) is 52.5 Å². The lowest BCUT2D eigenvalue weighted by Crippen LogP contribution is -2.52. The molecule has 0 amide bonds. The van der Waals surface area contributed by atoms with Crippen LogP contribution in [0.3, 0.4) is 0 Å². The van der Waals surface area contributed by atoms with Crippen molar-refractivity contribution in [3.63, 3.8) is 0 Å². The lowest BCUT2D eigenvalue weighted by molar-refractivity contribution is -0.149. The van der Waals surface area contributed by atoms with Crippen LogP contribution in [-0.2, 0) is 9.53 Å². The quantitative estimate of drug-likeness (QED) is 0.762. The van der Waals surface area contributed by atoms with E-state index in [4.69, 9.17) is 10.5 Å². The van der Waals surface area contributed by atoms with E-state index in [1.807, 2.05) is 6.92 Å². The van der Waals surface area contributed by atoms with Crippen molar-refractivity contribution in [1.82, 2.24) is 4.90 Å². The Balaban J connectivity index is 2.51. The predicted octanol–water partition coefficient (Wildman–Crippen LogP) is 1.78. The molecule has 3 unspecified atom stereocenters. The lowest BCUT2D eigenvalue weighted by Gasteiger charge is -2.38. The summed E-state index contributed by atoms with van der Waals surface area (Å²) < 4.78 is 5.03. The molecule has 1 rings (SSSR count). The Bertz CT molecular complexity index is 279. The number of carbonyl (C=O) groups excluding carboxylic acids is 1. The van der Waals surface area contributed by atoms with Crippen LogP contribution in [-0.4, -0.2) is 42.1 Å². The van der Waals surface area contributed by atoms with Gasteiger partial charge in [-0.15, -0.1) is 0 Å². The van der Waals surface area contributed by atoms with Crippen LogP contribution in [0.2, 0.25) is 0 Å². The van der Waals surface area contributed by atoms with Crippen molar-refractivity contribution < 1.29 is 9.53 Å². The van der Waals surface area contributed by atoms with E-state index in [1.54, 1.807) is 6.92 Å². The van der Waals surface area contributed by atoms with Gasteiger partial charge in [0.05, 0.1) is 6.61 Å². The zero-order valence-corrected chi connectivity index (χ0v) is 12.2. The number of rotatable bonds is 5. The van der Waals surface area contributed by atoms with Crippen molar-refractivity contribution in [3.05, 3.63) is 0 Å². The van der Waals surface area contributed by atoms with Crippen LogP contribution in [0.4, 0.5) is 0 Å². The normalized spacial score (nSPS) is 26.4. The second kappa shape index (κ2) is 6.53. The number of nitrogens with zero attached hydrogens (tertiary/aromatic N) is 1. The van der Waals surface area contributed by atoms with Gasteiger partial charge in [0, 0.05) is 12.6 Å². The summed E-state index contributed by atoms with van der Waals surface area (Å²) >= 11 is 0. The smallest absolute Gasteiger partial charge is 0.325 e. The summed E-state index contributed by atoms with van der Waals surface area (Å²) in [6, 6.07) is 0.326. The Labute approximate surface area is 111 Å². The first kappa shape index (κ1) is 15.4. The molecular weight excluding hydrogens is 228 g/mol. The first-order valence-electron chi connectivity index (χ1n) is 7.07. The highest BCUT2D eigenvalue weighted by Gasteiger charge is 2.34. The Morgan fingerprint density at radius 1 is 1.61 bits per heavy atom. The van der Waals surface area contributed by atoms with Gasteiger partial charge in [0.1, 0.15) is 5.54 Å². The second-order valence-electron chi connectivity index (χ2n) is 5.93. The zero-order valence-electron chi connectivity index (χ0n) is 12.2. The fraction of sp³-hybridized carbons (Fsp3) is 0.929. The van der Waals surface area contributed by atoms with E-state index in [0.717, 1.165) is 19.0 Å². The minimum absolute atomic E-state index is 0.290. The number of hydrogen-bond donors (Lipinski definition) is 1. The molecule has 1 aliphatic rings. The lowest BCUT2D eigenvalue weighted by atomic mass is 9.91. The van der Waals surface area contributed by atoms with Gasteiger partial charge in [-0.3, -0.25) is 4.79 Å². The third-order valence-electron chi connectivity index (χ3n) is 3.77. The van der Waals surface area contributed by atoms with Gasteiger partial charge in [-0.2, -0.15) is 0 Å². The summed E-state index contributed by atoms with van der Waals surface area (Å²) in [4.78, 5) is 14.2. The standard InChI is InChI=1S/C14H28N2O2/c1-5-18-13(17)14(4,15)9-12(3)16-8-6-7-11(2)10-16/h11-12H,5-10,15H2,1-4H3. The minimum Gasteiger partial charge on any atom is -0.465 e. The molecule has 0 saturated carbocycles. The summed E-state index contributed by atoms with van der Waals surface area (Å²) in [6.07, 6.45) is 3.20. The third-order valence-corrected chi connectivity index (χ3v) is 3.77. The molecule has 1 fully saturated rings. The molecule has 18 heavy (non-hydrogen) atoms. The Kier molecular flexibility index (Phi) is 5.60. The van der Waals surface area contributed by atoms with Crippen molar-refractivity contribution in [2.75, 3.05) is 19.7 Å². The van der Waals surface area contributed by atoms with Gasteiger partial charge < -0.3 is 15.4 Å². The maximum Gasteiger partial charge on any atom is 0.325 e. The number of ether oxygens (including phenoxy) is 1. The van der Waals surface area contributed by atoms with Crippen LogP contribution in [0.25, 0.3) is 0 Å². The molecule has 4 heteroatoms. The molecule has 0 aromatic heterocycles. The van der Waals surface area contributed by atoms with Gasteiger partial charge in [0.15, 0.2) is 0 Å². The second-order valence-corrected chi connectivity index (χ2v) is 5.93. The summed E-state index contributed by atoms with van der Waals surface area (Å²) in [5.41, 5.74) is 5.21. The van der Waals surface area contributed by atoms with Crippen LogP contribution in [0.15, 0.2) is 0 Å². The molecule has 0 aliphatic carbocycles. The molecule has 106 valence electrons. The van der Waals surface area contributed by atoms with Crippen molar-refractivity contribution in [2.24, 2.45) is 11.7 Å². The fourth-order valence-corrected chi connectivity index (χ4v) is 2.75. The van der Waals surface area contributed by atoms with Crippen LogP contribution in [0.5, 0.6) is 0 Å². The van der Waals surface area contributed by atoms with E-state index in [9.17, 15) is 4.79 Å². The van der Waals surface area contributed by atoms with E-state index in [2.05, 4.69) is 18.7 Å². The zero-order chi connectivity index (χ0) is 13.8. The molecule has 1 aliphatic heterocycles. The number of likely N-dealkylation sites (tertiary alicyclic amines) is 1. The molecule has 0 spiro atoms. The van der Waals surface area contributed by atoms with Crippen molar-refractivity contribution in [1.29, 1.82) is 0 Å². The van der Waals surface area contributed by atoms with E-state index >= 15 is 0 Å². The van der Waals surface area contributed by atoms with Crippen molar-refractivity contribution in [2.45, 2.75) is 58.5 Å². The maximum absolute atomic E-state index is 11.8. The largest absolute Gasteiger partial charge is 0.465 e. The maximum atomic E-state index is 11.8. The highest BCUT2D eigenvalue weighted by Crippen LogP contribution is 2.22. The summed E-state index contributed by atoms with van der Waals surface area (Å²) in [5.74, 6) is 0.453. The molecule has 4 nitrogen and oxygen atoms in total. The number of piperidine rings is 1. The van der Waals surface area contributed by atoms with Crippen LogP contribution in [0, 0.1) is 5.92 Å². The average Bonchev–Trinajstić information content (AvgIpc) is 2.28. The molecule has 1 saturated heterocycles. The highest BCUT2D eigenvalue weighted by molar-refractivity contribution is 5.80. The van der Waals surface area contributed by atoms with E-state index < -0.39 is 5.54 Å². The number of esters is 1. The summed E-state index contributed by atoms with van der Waals surface area (Å²) in [7, 11) is 0. The summed E-state index contributed by atoms with van der Waals surface area (Å²) in [5, 5.41) is 0. The van der Waals surface area contributed by atoms with Gasteiger partial charge in [-0.1, -0.05) is 6.92 Å². The summed E-state index contributed by atoms with van der Waals surface area (Å²) in [6.45, 7) is 10.6. The topological polar surface area (TPSA) is 55.6 Å². The third kappa shape index (κ3) is 4.25. The molecule has 3 atom stereocenters. The number of hydrogen-bond acceptors (Lipinski definition) is 4. The Hall–Kier alpha value is -0.610. The first-order chi connectivity index (χ1) is 8.36. The minimum atomic E-state index is -0.879. The molecule has 0 aromatic rings. The SMILES string of the molecule is CCOC(=O)C(C)(N)CC(C)N1CCCC(C)C1. The fourth-order valence-electron chi connectivity index (χ4n) is 2.75. The van der Waals surface area contributed by atoms with Gasteiger partial charge in [0.25, 0.3) is 0 Å². The monoisotopic (exact) mass is 256 g/mol. The Morgan fingerprint density at radius 2 is 2.28 bits per heavy atom. The average molecular weight is 256 g/mol. The molecule has 1 heterocycles. The van der Waals surface area contributed by atoms with E-state index in [1.165, 1.54) is 12.8 Å². The van der Waals surface area contributed by atoms with Crippen molar-refractivity contribution in [3.8, 4) is 0 Å². The van der Waals surface area contributed by atoms with Gasteiger partial charge >= 0.3 is 5.97 Å². The number of nitrogens with two attached hydrogens (primary N) is 1. The molecule has 0 bridgehead atoms. The molecule has 2 N–H and O–H groups in total.